The van der Waals surface area contributed by atoms with Gasteiger partial charge in [0.1, 0.15) is 64.9 Å². The lowest BCUT2D eigenvalue weighted by atomic mass is 9.84. The Labute approximate surface area is 475 Å². The molecule has 0 radical (unpaired) electrons. The summed E-state index contributed by atoms with van der Waals surface area (Å²) in [7, 11) is 0. The van der Waals surface area contributed by atoms with Crippen LogP contribution in [0.1, 0.15) is 97.8 Å². The Morgan fingerprint density at radius 3 is 0.486 bits per heavy atom. The molecule has 0 unspecified atom stereocenters. The highest BCUT2D eigenvalue weighted by molar-refractivity contribution is 7.81. The third kappa shape index (κ3) is 39.7. The van der Waals surface area contributed by atoms with Gasteiger partial charge < -0.3 is 42.6 Å². The number of carbonyl (C=O) groups is 9. The van der Waals surface area contributed by atoms with Crippen molar-refractivity contribution in [2.75, 3.05) is 111 Å². The highest BCUT2D eigenvalue weighted by atomic mass is 32.1. The molecule has 0 saturated carbocycles. The molecule has 420 valence electrons. The van der Waals surface area contributed by atoms with Gasteiger partial charge in [-0.3, -0.25) is 43.2 Å². The molecule has 0 aromatic heterocycles. The van der Waals surface area contributed by atoms with E-state index < -0.39 is 52.6 Å². The molecule has 0 spiro atoms. The van der Waals surface area contributed by atoms with Crippen LogP contribution in [0.15, 0.2) is 0 Å². The van der Waals surface area contributed by atoms with Crippen LogP contribution in [0.3, 0.4) is 0 Å². The third-order valence-corrected chi connectivity index (χ3v) is 12.0. The number of hydrogen-bond acceptors (Lipinski definition) is 27. The maximum Gasteiger partial charge on any atom is 0.306 e. The summed E-state index contributed by atoms with van der Waals surface area (Å²) >= 11 is 35.8. The molecule has 0 aromatic rings. The monoisotopic (exact) mass is 1190 g/mol. The van der Waals surface area contributed by atoms with Crippen molar-refractivity contribution in [2.45, 2.75) is 97.8 Å². The molecule has 0 N–H and O–H groups in total. The van der Waals surface area contributed by atoms with Gasteiger partial charge in [0.15, 0.2) is 0 Å². The van der Waals surface area contributed by atoms with Crippen LogP contribution in [0.4, 0.5) is 0 Å². The second-order valence-electron chi connectivity index (χ2n) is 15.8. The minimum Gasteiger partial charge on any atom is -0.465 e. The molecule has 0 atom stereocenters. The van der Waals surface area contributed by atoms with Crippen molar-refractivity contribution < 1.29 is 85.8 Å². The Balaban J connectivity index is -0.00000101. The summed E-state index contributed by atoms with van der Waals surface area (Å²) in [5.74, 6) is -0.603. The van der Waals surface area contributed by atoms with Crippen molar-refractivity contribution in [3.05, 3.63) is 0 Å². The van der Waals surface area contributed by atoms with E-state index in [1.165, 1.54) is 0 Å². The van der Waals surface area contributed by atoms with Gasteiger partial charge in [0.05, 0.1) is 63.2 Å². The van der Waals surface area contributed by atoms with Crippen molar-refractivity contribution in [2.24, 2.45) is 16.2 Å². The summed E-state index contributed by atoms with van der Waals surface area (Å²) in [6.45, 7) is 5.28. The van der Waals surface area contributed by atoms with Gasteiger partial charge in [-0.15, -0.1) is 0 Å². The van der Waals surface area contributed by atoms with Crippen LogP contribution in [0, 0.1) is 16.2 Å². The molecule has 0 aliphatic carbocycles. The summed E-state index contributed by atoms with van der Waals surface area (Å²) in [6.07, 6.45) is 3.48. The summed E-state index contributed by atoms with van der Waals surface area (Å²) in [4.78, 5) is 105. The normalized spacial score (nSPS) is 11.0. The number of ether oxygens (including phenoxy) is 9. The zero-order valence-electron chi connectivity index (χ0n) is 41.6. The molecule has 0 amide bonds. The second-order valence-corrected chi connectivity index (χ2v) is 19.8. The lowest BCUT2D eigenvalue weighted by Crippen LogP contribution is -2.44. The van der Waals surface area contributed by atoms with E-state index in [-0.39, 0.29) is 145 Å². The van der Waals surface area contributed by atoms with Crippen LogP contribution in [-0.4, -0.2) is 165 Å². The second kappa shape index (κ2) is 47.8. The fourth-order valence-corrected chi connectivity index (χ4v) is 6.60. The van der Waals surface area contributed by atoms with Crippen LogP contribution in [0.25, 0.3) is 0 Å². The predicted octanol–water partition coefficient (Wildman–Crippen LogP) is 5.92. The molecule has 18 nitrogen and oxygen atoms in total. The Bertz CT molecular complexity index is 1380. The Morgan fingerprint density at radius 1 is 0.236 bits per heavy atom. The van der Waals surface area contributed by atoms with Gasteiger partial charge in [-0.1, -0.05) is 20.8 Å². The van der Waals surface area contributed by atoms with E-state index in [0.29, 0.717) is 48.0 Å². The first-order chi connectivity index (χ1) is 34.3. The maximum absolute atomic E-state index is 11.8. The summed E-state index contributed by atoms with van der Waals surface area (Å²) in [5.41, 5.74) is -2.32. The number of rotatable bonds is 39. The van der Waals surface area contributed by atoms with E-state index in [9.17, 15) is 43.2 Å². The lowest BCUT2D eigenvalue weighted by molar-refractivity contribution is -0.171. The largest absolute Gasteiger partial charge is 0.465 e. The molecule has 0 aliphatic rings. The summed E-state index contributed by atoms with van der Waals surface area (Å²) in [5, 5.41) is 0. The predicted molar refractivity (Wildman–Crippen MR) is 303 cm³/mol. The number of carbonyl (C=O) groups excluding carboxylic acids is 9. The van der Waals surface area contributed by atoms with E-state index in [1.54, 1.807) is 0 Å². The van der Waals surface area contributed by atoms with Crippen LogP contribution in [-0.2, 0) is 85.8 Å². The van der Waals surface area contributed by atoms with E-state index in [1.807, 2.05) is 20.8 Å². The molecule has 0 heterocycles. The average Bonchev–Trinajstić information content (AvgIpc) is 3.35. The fraction of sp³-hybridized carbons (Fsp3) is 0.800. The highest BCUT2D eigenvalue weighted by Gasteiger charge is 2.38. The van der Waals surface area contributed by atoms with Crippen molar-refractivity contribution >= 4 is 167 Å². The molecule has 0 aliphatic heterocycles. The van der Waals surface area contributed by atoms with Crippen LogP contribution >= 0.6 is 114 Å². The Hall–Kier alpha value is -1.62. The van der Waals surface area contributed by atoms with Gasteiger partial charge in [-0.05, 0) is 19.3 Å². The van der Waals surface area contributed by atoms with E-state index >= 15 is 0 Å². The van der Waals surface area contributed by atoms with Crippen molar-refractivity contribution in [1.29, 1.82) is 0 Å². The van der Waals surface area contributed by atoms with Gasteiger partial charge in [0.2, 0.25) is 0 Å². The van der Waals surface area contributed by atoms with E-state index in [4.69, 9.17) is 42.6 Å². The molecule has 0 bridgehead atoms. The summed E-state index contributed by atoms with van der Waals surface area (Å²) in [6, 6.07) is 0. The number of esters is 9. The zero-order chi connectivity index (χ0) is 55.3. The van der Waals surface area contributed by atoms with E-state index in [2.05, 4.69) is 114 Å². The summed E-state index contributed by atoms with van der Waals surface area (Å²) < 4.78 is 47.0. The highest BCUT2D eigenvalue weighted by Crippen LogP contribution is 2.28. The van der Waals surface area contributed by atoms with E-state index in [0.717, 1.165) is 12.8 Å². The van der Waals surface area contributed by atoms with Gasteiger partial charge >= 0.3 is 53.7 Å². The number of thiol groups is 9. The molecule has 0 rings (SSSR count). The van der Waals surface area contributed by atoms with Gasteiger partial charge in [0.25, 0.3) is 0 Å². The minimum absolute atomic E-state index is 0.00157. The van der Waals surface area contributed by atoms with Crippen molar-refractivity contribution in [1.82, 2.24) is 0 Å². The van der Waals surface area contributed by atoms with Gasteiger partial charge in [-0.2, -0.15) is 114 Å². The van der Waals surface area contributed by atoms with Crippen molar-refractivity contribution in [3.8, 4) is 0 Å². The molecular weight excluding hydrogens is 1120 g/mol. The third-order valence-electron chi connectivity index (χ3n) is 9.95. The zero-order valence-corrected chi connectivity index (χ0v) is 49.6. The van der Waals surface area contributed by atoms with Gasteiger partial charge in [-0.25, -0.2) is 0 Å². The van der Waals surface area contributed by atoms with Crippen LogP contribution < -0.4 is 0 Å². The Kier molecular flexibility index (Phi) is 49.5. The quantitative estimate of drug-likeness (QED) is 0.0197. The van der Waals surface area contributed by atoms with Crippen LogP contribution in [0.5, 0.6) is 0 Å². The Morgan fingerprint density at radius 2 is 0.361 bits per heavy atom. The molecule has 27 heteroatoms. The topological polar surface area (TPSA) is 237 Å². The smallest absolute Gasteiger partial charge is 0.306 e. The minimum atomic E-state index is -1.25. The standard InChI is InChI=1S/C17H28O8S4.C15H26O6S3.C13H24O4S2/c18-13(1-5-26)22-9-17(10-23-14(19)2-6-27,11-24-15(20)3-7-28)12-25-16(21)4-8-29;1-2-15(9-19-12(16)3-6-22,10-20-13(17)4-7-23)11-21-14(18)5-8-24;1-3-13(4-2,9-16-11(14)5-7-18)10-17-12(15)6-8-19/h26-29H,1-12H2;22-24H,2-11H2,1H3;18-19H,3-10H2,1-2H3. The lowest BCUT2D eigenvalue weighted by Gasteiger charge is -2.31. The average molecular weight is 1200 g/mol. The SMILES string of the molecule is CCC(CC)(COC(=O)CCS)COC(=O)CCS.CCC(COC(=O)CCS)(COC(=O)CCS)COC(=O)CCS.O=C(CCS)OCC(COC(=O)CCS)(COC(=O)CCS)COC(=O)CCS. The maximum atomic E-state index is 11.8. The fourth-order valence-electron chi connectivity index (χ4n) is 4.95. The molecule has 0 saturated heterocycles. The first-order valence-corrected chi connectivity index (χ1v) is 28.9. The van der Waals surface area contributed by atoms with Crippen LogP contribution in [0.2, 0.25) is 0 Å². The molecule has 0 aromatic carbocycles. The first-order valence-electron chi connectivity index (χ1n) is 23.2. The van der Waals surface area contributed by atoms with Crippen molar-refractivity contribution in [3.63, 3.8) is 0 Å². The molecular formula is C45H78O18S9. The number of hydrogen-bond donors (Lipinski definition) is 9. The van der Waals surface area contributed by atoms with Gasteiger partial charge in [0, 0.05) is 57.2 Å². The molecule has 72 heavy (non-hydrogen) atoms. The molecule has 0 fully saturated rings. The first kappa shape index (κ1) is 74.6.